The fourth-order valence-corrected chi connectivity index (χ4v) is 1.70. The maximum Gasteiger partial charge on any atom is 0.222 e. The van der Waals surface area contributed by atoms with Gasteiger partial charge in [-0.3, -0.25) is 4.79 Å². The number of hydrogen-bond donors (Lipinski definition) is 2. The third-order valence-corrected chi connectivity index (χ3v) is 2.59. The van der Waals surface area contributed by atoms with E-state index in [4.69, 9.17) is 10.5 Å². The van der Waals surface area contributed by atoms with E-state index in [-0.39, 0.29) is 11.9 Å². The number of carbonyl (C=O) groups is 1. The van der Waals surface area contributed by atoms with Gasteiger partial charge in [-0.05, 0) is 38.5 Å². The Morgan fingerprint density at radius 1 is 1.50 bits per heavy atom. The van der Waals surface area contributed by atoms with Crippen molar-refractivity contribution in [3.05, 3.63) is 29.8 Å². The number of benzene rings is 1. The molecule has 0 unspecified atom stereocenters. The van der Waals surface area contributed by atoms with Gasteiger partial charge in [0, 0.05) is 12.0 Å². The Kier molecular flexibility index (Phi) is 4.73. The van der Waals surface area contributed by atoms with Crippen molar-refractivity contribution in [2.24, 2.45) is 5.73 Å². The normalized spacial score (nSPS) is 12.9. The van der Waals surface area contributed by atoms with E-state index in [0.717, 1.165) is 11.3 Å². The highest BCUT2D eigenvalue weighted by molar-refractivity contribution is 5.77. The molecule has 18 heavy (non-hydrogen) atoms. The van der Waals surface area contributed by atoms with E-state index in [1.165, 1.54) is 0 Å². The molecule has 4 nitrogen and oxygen atoms in total. The molecule has 1 atom stereocenters. The van der Waals surface area contributed by atoms with Crippen molar-refractivity contribution >= 4 is 5.91 Å². The van der Waals surface area contributed by atoms with Gasteiger partial charge in [-0.15, -0.1) is 0 Å². The quantitative estimate of drug-likeness (QED) is 0.840. The molecule has 1 rings (SSSR count). The molecule has 0 fully saturated rings. The van der Waals surface area contributed by atoms with E-state index in [2.05, 4.69) is 5.32 Å². The second-order valence-corrected chi connectivity index (χ2v) is 5.23. The number of methoxy groups -OCH3 is 1. The number of nitrogens with two attached hydrogens (primary N) is 1. The third-order valence-electron chi connectivity index (χ3n) is 2.59. The zero-order chi connectivity index (χ0) is 13.8. The van der Waals surface area contributed by atoms with E-state index in [1.807, 2.05) is 45.0 Å². The molecule has 4 heteroatoms. The molecule has 0 heterocycles. The number of hydrogen-bond acceptors (Lipinski definition) is 3. The van der Waals surface area contributed by atoms with Crippen molar-refractivity contribution in [3.8, 4) is 5.75 Å². The Labute approximate surface area is 109 Å². The van der Waals surface area contributed by atoms with Gasteiger partial charge in [-0.25, -0.2) is 0 Å². The average Bonchev–Trinajstić information content (AvgIpc) is 2.26. The van der Waals surface area contributed by atoms with Crippen LogP contribution < -0.4 is 15.8 Å². The van der Waals surface area contributed by atoms with Crippen LogP contribution in [0.5, 0.6) is 5.75 Å². The Bertz CT molecular complexity index is 411. The van der Waals surface area contributed by atoms with Crippen molar-refractivity contribution in [1.82, 2.24) is 5.32 Å². The number of nitrogens with one attached hydrogen (secondary N) is 1. The smallest absolute Gasteiger partial charge is 0.222 e. The van der Waals surface area contributed by atoms with Crippen molar-refractivity contribution in [3.63, 3.8) is 0 Å². The summed E-state index contributed by atoms with van der Waals surface area (Å²) in [5.74, 6) is 0.741. The highest BCUT2D eigenvalue weighted by atomic mass is 16.5. The summed E-state index contributed by atoms with van der Waals surface area (Å²) in [5.41, 5.74) is 6.34. The molecular formula is C14H22N2O2. The standard InChI is InChI=1S/C14H22N2O2/c1-10(16-13(17)9-14(2,3)15)11-6-5-7-12(8-11)18-4/h5-8,10H,9,15H2,1-4H3,(H,16,17)/t10-/m0/s1. The van der Waals surface area contributed by atoms with Gasteiger partial charge in [-0.1, -0.05) is 12.1 Å². The summed E-state index contributed by atoms with van der Waals surface area (Å²) in [6.07, 6.45) is 0.307. The molecule has 0 aliphatic heterocycles. The average molecular weight is 250 g/mol. The van der Waals surface area contributed by atoms with Gasteiger partial charge in [0.1, 0.15) is 5.75 Å². The van der Waals surface area contributed by atoms with Gasteiger partial charge < -0.3 is 15.8 Å². The predicted octanol–water partition coefficient (Wildman–Crippen LogP) is 2.00. The first-order valence-corrected chi connectivity index (χ1v) is 6.04. The molecule has 0 bridgehead atoms. The fourth-order valence-electron chi connectivity index (χ4n) is 1.70. The summed E-state index contributed by atoms with van der Waals surface area (Å²) >= 11 is 0. The van der Waals surface area contributed by atoms with Crippen LogP contribution in [0, 0.1) is 0 Å². The van der Waals surface area contributed by atoms with E-state index >= 15 is 0 Å². The lowest BCUT2D eigenvalue weighted by atomic mass is 10.0. The minimum Gasteiger partial charge on any atom is -0.497 e. The highest BCUT2D eigenvalue weighted by Gasteiger charge is 2.18. The third kappa shape index (κ3) is 4.75. The second-order valence-electron chi connectivity index (χ2n) is 5.23. The fraction of sp³-hybridized carbons (Fsp3) is 0.500. The molecule has 0 aliphatic carbocycles. The Morgan fingerprint density at radius 3 is 2.72 bits per heavy atom. The summed E-state index contributed by atoms with van der Waals surface area (Å²) in [4.78, 5) is 11.8. The zero-order valence-corrected chi connectivity index (χ0v) is 11.5. The van der Waals surface area contributed by atoms with E-state index < -0.39 is 5.54 Å². The molecular weight excluding hydrogens is 228 g/mol. The van der Waals surface area contributed by atoms with Crippen LogP contribution in [-0.2, 0) is 4.79 Å². The van der Waals surface area contributed by atoms with Gasteiger partial charge in [-0.2, -0.15) is 0 Å². The van der Waals surface area contributed by atoms with E-state index in [1.54, 1.807) is 7.11 Å². The summed E-state index contributed by atoms with van der Waals surface area (Å²) in [5, 5.41) is 2.93. The van der Waals surface area contributed by atoms with Gasteiger partial charge in [0.2, 0.25) is 5.91 Å². The topological polar surface area (TPSA) is 64.3 Å². The van der Waals surface area contributed by atoms with Crippen molar-refractivity contribution in [1.29, 1.82) is 0 Å². The number of amides is 1. The minimum atomic E-state index is -0.488. The first-order chi connectivity index (χ1) is 8.31. The molecule has 0 aliphatic rings. The van der Waals surface area contributed by atoms with Crippen molar-refractivity contribution < 1.29 is 9.53 Å². The number of carbonyl (C=O) groups excluding carboxylic acids is 1. The molecule has 0 saturated heterocycles. The Balaban J connectivity index is 2.64. The Morgan fingerprint density at radius 2 is 2.17 bits per heavy atom. The van der Waals surface area contributed by atoms with E-state index in [9.17, 15) is 4.79 Å². The van der Waals surface area contributed by atoms with Gasteiger partial charge in [0.05, 0.1) is 13.2 Å². The van der Waals surface area contributed by atoms with E-state index in [0.29, 0.717) is 6.42 Å². The zero-order valence-electron chi connectivity index (χ0n) is 11.5. The van der Waals surface area contributed by atoms with Crippen LogP contribution in [0.3, 0.4) is 0 Å². The van der Waals surface area contributed by atoms with Crippen LogP contribution in [0.4, 0.5) is 0 Å². The number of rotatable bonds is 5. The van der Waals surface area contributed by atoms with Crippen LogP contribution in [0.25, 0.3) is 0 Å². The lowest BCUT2D eigenvalue weighted by Gasteiger charge is -2.20. The van der Waals surface area contributed by atoms with Crippen molar-refractivity contribution in [2.45, 2.75) is 38.8 Å². The molecule has 1 amide bonds. The number of ether oxygens (including phenoxy) is 1. The summed E-state index contributed by atoms with van der Waals surface area (Å²) in [7, 11) is 1.62. The SMILES string of the molecule is COc1cccc([C@H](C)NC(=O)CC(C)(C)N)c1. The lowest BCUT2D eigenvalue weighted by Crippen LogP contribution is -2.39. The molecule has 0 aromatic heterocycles. The van der Waals surface area contributed by atoms with Gasteiger partial charge >= 0.3 is 0 Å². The molecule has 1 aromatic carbocycles. The molecule has 0 radical (unpaired) electrons. The van der Waals surface area contributed by atoms with Crippen LogP contribution in [-0.4, -0.2) is 18.6 Å². The molecule has 3 N–H and O–H groups in total. The monoisotopic (exact) mass is 250 g/mol. The van der Waals surface area contributed by atoms with Crippen LogP contribution in [0.15, 0.2) is 24.3 Å². The molecule has 0 saturated carbocycles. The minimum absolute atomic E-state index is 0.0437. The highest BCUT2D eigenvalue weighted by Crippen LogP contribution is 2.19. The molecule has 100 valence electrons. The maximum atomic E-state index is 11.8. The summed E-state index contributed by atoms with van der Waals surface area (Å²) in [6.45, 7) is 5.61. The molecule has 1 aromatic rings. The van der Waals surface area contributed by atoms with Crippen LogP contribution >= 0.6 is 0 Å². The first kappa shape index (κ1) is 14.5. The van der Waals surface area contributed by atoms with Gasteiger partial charge in [0.15, 0.2) is 0 Å². The largest absolute Gasteiger partial charge is 0.497 e. The molecule has 0 spiro atoms. The lowest BCUT2D eigenvalue weighted by molar-refractivity contribution is -0.122. The maximum absolute atomic E-state index is 11.8. The van der Waals surface area contributed by atoms with Gasteiger partial charge in [0.25, 0.3) is 0 Å². The second kappa shape index (κ2) is 5.87. The predicted molar refractivity (Wildman–Crippen MR) is 72.4 cm³/mol. The summed E-state index contributed by atoms with van der Waals surface area (Å²) in [6, 6.07) is 7.60. The Hall–Kier alpha value is -1.55. The van der Waals surface area contributed by atoms with Crippen LogP contribution in [0.1, 0.15) is 38.8 Å². The summed E-state index contributed by atoms with van der Waals surface area (Å²) < 4.78 is 5.16. The van der Waals surface area contributed by atoms with Crippen molar-refractivity contribution in [2.75, 3.05) is 7.11 Å². The first-order valence-electron chi connectivity index (χ1n) is 6.04. The van der Waals surface area contributed by atoms with Crippen LogP contribution in [0.2, 0.25) is 0 Å².